The molecule has 9 heteroatoms. The maximum atomic E-state index is 13.2. The standard InChI is InChI=1S/C11H8BrClFN3O2S/c12-8-4-7(15)5-16-11(8)17-20(18,19)10-3-6(14)1-2-9(10)13/h1-5H,15H2,(H,16,17). The SMILES string of the molecule is Nc1cnc(NS(=O)(=O)c2cc(F)ccc2Cl)c(Br)c1. The van der Waals surface area contributed by atoms with Crippen molar-refractivity contribution in [2.45, 2.75) is 4.90 Å². The highest BCUT2D eigenvalue weighted by atomic mass is 79.9. The van der Waals surface area contributed by atoms with Gasteiger partial charge in [0.15, 0.2) is 5.82 Å². The van der Waals surface area contributed by atoms with Crippen LogP contribution in [0.1, 0.15) is 0 Å². The van der Waals surface area contributed by atoms with Gasteiger partial charge in [-0.3, -0.25) is 4.72 Å². The van der Waals surface area contributed by atoms with Gasteiger partial charge in [0.2, 0.25) is 0 Å². The van der Waals surface area contributed by atoms with Crippen LogP contribution in [0, 0.1) is 5.82 Å². The fraction of sp³-hybridized carbons (Fsp3) is 0. The Morgan fingerprint density at radius 2 is 2.05 bits per heavy atom. The van der Waals surface area contributed by atoms with Crippen LogP contribution in [0.15, 0.2) is 39.8 Å². The molecule has 106 valence electrons. The second-order valence-electron chi connectivity index (χ2n) is 3.78. The lowest BCUT2D eigenvalue weighted by molar-refractivity contribution is 0.595. The molecule has 1 aromatic carbocycles. The molecular weight excluding hydrogens is 373 g/mol. The number of anilines is 2. The van der Waals surface area contributed by atoms with Gasteiger partial charge in [0.1, 0.15) is 10.7 Å². The first-order valence-corrected chi connectivity index (χ1v) is 7.84. The number of sulfonamides is 1. The Bertz CT molecular complexity index is 770. The molecule has 0 saturated carbocycles. The molecule has 20 heavy (non-hydrogen) atoms. The van der Waals surface area contributed by atoms with Crippen molar-refractivity contribution in [3.05, 3.63) is 45.8 Å². The Morgan fingerprint density at radius 1 is 1.35 bits per heavy atom. The van der Waals surface area contributed by atoms with Crippen molar-refractivity contribution >= 4 is 49.1 Å². The maximum Gasteiger partial charge on any atom is 0.264 e. The molecule has 0 bridgehead atoms. The van der Waals surface area contributed by atoms with E-state index in [1.165, 1.54) is 12.3 Å². The van der Waals surface area contributed by atoms with E-state index in [4.69, 9.17) is 17.3 Å². The molecule has 0 atom stereocenters. The van der Waals surface area contributed by atoms with Gasteiger partial charge in [0.05, 0.1) is 21.4 Å². The van der Waals surface area contributed by atoms with Gasteiger partial charge in [0, 0.05) is 0 Å². The summed E-state index contributed by atoms with van der Waals surface area (Å²) in [4.78, 5) is 3.47. The number of hydrogen-bond acceptors (Lipinski definition) is 4. The van der Waals surface area contributed by atoms with E-state index in [0.717, 1.165) is 18.2 Å². The van der Waals surface area contributed by atoms with E-state index in [0.29, 0.717) is 10.2 Å². The third kappa shape index (κ3) is 3.20. The number of rotatable bonds is 3. The number of nitrogens with zero attached hydrogens (tertiary/aromatic N) is 1. The van der Waals surface area contributed by atoms with E-state index in [1.54, 1.807) is 0 Å². The van der Waals surface area contributed by atoms with E-state index in [2.05, 4.69) is 25.6 Å². The summed E-state index contributed by atoms with van der Waals surface area (Å²) in [5.74, 6) is -0.682. The Kier molecular flexibility index (Phi) is 4.17. The average molecular weight is 381 g/mol. The van der Waals surface area contributed by atoms with Gasteiger partial charge in [-0.1, -0.05) is 11.6 Å². The third-order valence-corrected chi connectivity index (χ3v) is 4.70. The smallest absolute Gasteiger partial charge is 0.264 e. The summed E-state index contributed by atoms with van der Waals surface area (Å²) in [5.41, 5.74) is 5.87. The van der Waals surface area contributed by atoms with Crippen LogP contribution in [0.2, 0.25) is 5.02 Å². The number of halogens is 3. The van der Waals surface area contributed by atoms with Gasteiger partial charge in [-0.25, -0.2) is 17.8 Å². The number of pyridine rings is 1. The summed E-state index contributed by atoms with van der Waals surface area (Å²) in [5, 5.41) is -0.0922. The highest BCUT2D eigenvalue weighted by Crippen LogP contribution is 2.27. The molecule has 5 nitrogen and oxygen atoms in total. The summed E-state index contributed by atoms with van der Waals surface area (Å²) in [6, 6.07) is 4.55. The molecule has 1 aromatic heterocycles. The lowest BCUT2D eigenvalue weighted by Gasteiger charge is -2.10. The van der Waals surface area contributed by atoms with Gasteiger partial charge in [-0.15, -0.1) is 0 Å². The van der Waals surface area contributed by atoms with Crippen LogP contribution in [0.4, 0.5) is 15.9 Å². The van der Waals surface area contributed by atoms with Crippen molar-refractivity contribution in [2.24, 2.45) is 0 Å². The van der Waals surface area contributed by atoms with Gasteiger partial charge in [-0.05, 0) is 40.2 Å². The van der Waals surface area contributed by atoms with Crippen LogP contribution >= 0.6 is 27.5 Å². The lowest BCUT2D eigenvalue weighted by atomic mass is 10.3. The second-order valence-corrected chi connectivity index (χ2v) is 6.69. The monoisotopic (exact) mass is 379 g/mol. The number of nitrogens with two attached hydrogens (primary N) is 1. The Hall–Kier alpha value is -1.38. The lowest BCUT2D eigenvalue weighted by Crippen LogP contribution is -2.15. The molecule has 0 saturated heterocycles. The zero-order chi connectivity index (χ0) is 14.9. The third-order valence-electron chi connectivity index (χ3n) is 2.28. The number of aromatic nitrogens is 1. The molecule has 0 amide bonds. The van der Waals surface area contributed by atoms with Crippen molar-refractivity contribution in [2.75, 3.05) is 10.5 Å². The van der Waals surface area contributed by atoms with Gasteiger partial charge in [0.25, 0.3) is 10.0 Å². The van der Waals surface area contributed by atoms with Crippen molar-refractivity contribution in [1.29, 1.82) is 0 Å². The molecule has 3 N–H and O–H groups in total. The van der Waals surface area contributed by atoms with E-state index in [-0.39, 0.29) is 15.7 Å². The first-order chi connectivity index (χ1) is 9.29. The first-order valence-electron chi connectivity index (χ1n) is 5.18. The molecule has 0 unspecified atom stereocenters. The van der Waals surface area contributed by atoms with Crippen molar-refractivity contribution in [1.82, 2.24) is 4.98 Å². The van der Waals surface area contributed by atoms with Crippen LogP contribution in [0.5, 0.6) is 0 Å². The molecular formula is C11H8BrClFN3O2S. The Morgan fingerprint density at radius 3 is 2.70 bits per heavy atom. The minimum atomic E-state index is -4.06. The molecule has 2 aromatic rings. The summed E-state index contributed by atoms with van der Waals surface area (Å²) < 4.78 is 40.0. The van der Waals surface area contributed by atoms with Gasteiger partial charge < -0.3 is 5.73 Å². The number of benzene rings is 1. The predicted molar refractivity (Wildman–Crippen MR) is 78.6 cm³/mol. The molecule has 0 aliphatic carbocycles. The molecule has 0 aliphatic heterocycles. The van der Waals surface area contributed by atoms with Crippen LogP contribution < -0.4 is 10.5 Å². The van der Waals surface area contributed by atoms with Crippen molar-refractivity contribution in [3.8, 4) is 0 Å². The molecule has 2 rings (SSSR count). The fourth-order valence-corrected chi connectivity index (χ4v) is 3.53. The van der Waals surface area contributed by atoms with Crippen LogP contribution in [-0.2, 0) is 10.0 Å². The first kappa shape index (κ1) is 15.0. The van der Waals surface area contributed by atoms with Gasteiger partial charge >= 0.3 is 0 Å². The summed E-state index contributed by atoms with van der Waals surface area (Å²) in [6.45, 7) is 0. The van der Waals surface area contributed by atoms with E-state index >= 15 is 0 Å². The Balaban J connectivity index is 2.43. The van der Waals surface area contributed by atoms with E-state index in [1.807, 2.05) is 0 Å². The minimum absolute atomic E-state index is 0.0273. The maximum absolute atomic E-state index is 13.2. The predicted octanol–water partition coefficient (Wildman–Crippen LogP) is 3.02. The van der Waals surface area contributed by atoms with E-state index < -0.39 is 15.8 Å². The second kappa shape index (κ2) is 5.55. The summed E-state index contributed by atoms with van der Waals surface area (Å²) in [7, 11) is -4.06. The van der Waals surface area contributed by atoms with Gasteiger partial charge in [-0.2, -0.15) is 0 Å². The zero-order valence-corrected chi connectivity index (χ0v) is 12.9. The average Bonchev–Trinajstić information content (AvgIpc) is 2.35. The van der Waals surface area contributed by atoms with Crippen LogP contribution in [0.25, 0.3) is 0 Å². The quantitative estimate of drug-likeness (QED) is 0.857. The minimum Gasteiger partial charge on any atom is -0.397 e. The van der Waals surface area contributed by atoms with Crippen LogP contribution in [0.3, 0.4) is 0 Å². The van der Waals surface area contributed by atoms with Crippen molar-refractivity contribution in [3.63, 3.8) is 0 Å². The highest BCUT2D eigenvalue weighted by molar-refractivity contribution is 9.10. The van der Waals surface area contributed by atoms with E-state index in [9.17, 15) is 12.8 Å². The largest absolute Gasteiger partial charge is 0.397 e. The molecule has 1 heterocycles. The molecule has 0 radical (unpaired) electrons. The number of hydrogen-bond donors (Lipinski definition) is 2. The molecule has 0 aliphatic rings. The highest BCUT2D eigenvalue weighted by Gasteiger charge is 2.20. The Labute approximate surface area is 128 Å². The number of nitrogen functional groups attached to an aromatic ring is 1. The number of nitrogens with one attached hydrogen (secondary N) is 1. The topological polar surface area (TPSA) is 85.1 Å². The van der Waals surface area contributed by atoms with Crippen LogP contribution in [-0.4, -0.2) is 13.4 Å². The molecule has 0 fully saturated rings. The zero-order valence-electron chi connectivity index (χ0n) is 9.77. The molecule has 0 spiro atoms. The van der Waals surface area contributed by atoms with Crippen molar-refractivity contribution < 1.29 is 12.8 Å². The fourth-order valence-electron chi connectivity index (χ4n) is 1.39. The summed E-state index contributed by atoms with van der Waals surface area (Å²) in [6.07, 6.45) is 1.29. The normalized spacial score (nSPS) is 11.3. The summed E-state index contributed by atoms with van der Waals surface area (Å²) >= 11 is 8.90.